The maximum absolute atomic E-state index is 13.4. The largest absolute Gasteiger partial charge is 0.481 e. The molecule has 0 bridgehead atoms. The highest BCUT2D eigenvalue weighted by Crippen LogP contribution is 2.25. The second-order valence-electron chi connectivity index (χ2n) is 11.8. The summed E-state index contributed by atoms with van der Waals surface area (Å²) in [5.41, 5.74) is 2.46. The van der Waals surface area contributed by atoms with E-state index in [-0.39, 0.29) is 54.8 Å². The maximum Gasteiger partial charge on any atom is 0.314 e. The van der Waals surface area contributed by atoms with Crippen LogP contribution in [0.2, 0.25) is 10.0 Å². The average molecular weight is 803 g/mol. The van der Waals surface area contributed by atoms with Crippen LogP contribution in [0.3, 0.4) is 0 Å². The molecule has 0 radical (unpaired) electrons. The number of hydrogen-bond donors (Lipinski definition) is 8. The molecule has 0 spiro atoms. The van der Waals surface area contributed by atoms with Crippen LogP contribution in [0.5, 0.6) is 0 Å². The average Bonchev–Trinajstić information content (AvgIpc) is 3.13. The summed E-state index contributed by atoms with van der Waals surface area (Å²) in [5.74, 6) is -1.42. The molecule has 19 heteroatoms. The van der Waals surface area contributed by atoms with Gasteiger partial charge in [0.05, 0.1) is 65.3 Å². The Kier molecular flexibility index (Phi) is 25.3. The molecule has 54 heavy (non-hydrogen) atoms. The first-order valence-corrected chi connectivity index (χ1v) is 18.6. The number of urea groups is 1. The van der Waals surface area contributed by atoms with Gasteiger partial charge < -0.3 is 55.8 Å². The van der Waals surface area contributed by atoms with Gasteiger partial charge in [-0.1, -0.05) is 29.3 Å². The molecule has 0 aliphatic heterocycles. The van der Waals surface area contributed by atoms with E-state index in [2.05, 4.69) is 37.0 Å². The number of carboxylic acid groups (broad SMARTS) is 1. The van der Waals surface area contributed by atoms with E-state index < -0.39 is 30.4 Å². The van der Waals surface area contributed by atoms with Crippen LogP contribution in [0, 0.1) is 0 Å². The van der Waals surface area contributed by atoms with Crippen LogP contribution in [0.4, 0.5) is 10.6 Å². The van der Waals surface area contributed by atoms with Crippen molar-refractivity contribution < 1.29 is 48.4 Å². The second kappa shape index (κ2) is 29.5. The van der Waals surface area contributed by atoms with Crippen molar-refractivity contribution in [2.45, 2.75) is 50.6 Å². The number of hydroxylamine groups is 1. The molecular weight excluding hydrogens is 749 g/mol. The SMILES string of the molecule is O=C(O)CC(NC(=O)[C@H](COCCOCCOCCOCCNC(=O)NCCCCNO)NC(=O)CCCCNc1ccccn1)c1cc(Cl)cc(Cl)c1. The van der Waals surface area contributed by atoms with Gasteiger partial charge in [-0.15, -0.1) is 0 Å². The van der Waals surface area contributed by atoms with Gasteiger partial charge in [-0.05, 0) is 61.6 Å². The molecule has 0 aliphatic carbocycles. The van der Waals surface area contributed by atoms with Crippen LogP contribution >= 0.6 is 23.2 Å². The Bertz CT molecular complexity index is 1350. The second-order valence-corrected chi connectivity index (χ2v) is 12.7. The van der Waals surface area contributed by atoms with Crippen LogP contribution in [-0.2, 0) is 33.3 Å². The number of pyridine rings is 1. The number of amides is 4. The molecule has 17 nitrogen and oxygen atoms in total. The van der Waals surface area contributed by atoms with Gasteiger partial charge in [-0.2, -0.15) is 0 Å². The Morgan fingerprint density at radius 2 is 1.37 bits per heavy atom. The topological polar surface area (TPSA) is 231 Å². The molecule has 1 aromatic heterocycles. The van der Waals surface area contributed by atoms with Crippen molar-refractivity contribution in [2.24, 2.45) is 0 Å². The standard InChI is InChI=1S/C35H53Cl2N7O10/c36-27-21-26(22-28(37)23-27)29(24-33(46)47)44-34(48)30(43-32(45)8-2-4-10-39-31-7-1-3-9-38-31)25-54-20-19-53-18-17-52-16-15-51-14-13-41-35(49)40-11-5-6-12-42-50/h1,3,7,9,21-23,29-30,42,50H,2,4-6,8,10-20,24-25H2,(H,38,39)(H,43,45)(H,44,48)(H,46,47)(H2,40,41,49)/t29?,30-/m0/s1. The molecule has 0 fully saturated rings. The van der Waals surface area contributed by atoms with Crippen LogP contribution in [-0.4, -0.2) is 124 Å². The van der Waals surface area contributed by atoms with E-state index in [1.165, 1.54) is 18.2 Å². The Labute approximate surface area is 325 Å². The number of carbonyl (C=O) groups is 4. The summed E-state index contributed by atoms with van der Waals surface area (Å²) in [5, 5.41) is 32.6. The van der Waals surface area contributed by atoms with Crippen molar-refractivity contribution in [1.29, 1.82) is 0 Å². The number of ether oxygens (including phenoxy) is 4. The Morgan fingerprint density at radius 3 is 2.02 bits per heavy atom. The van der Waals surface area contributed by atoms with Crippen molar-refractivity contribution >= 4 is 52.8 Å². The molecule has 0 aliphatic rings. The lowest BCUT2D eigenvalue weighted by molar-refractivity contribution is -0.138. The maximum atomic E-state index is 13.4. The first-order chi connectivity index (χ1) is 26.2. The van der Waals surface area contributed by atoms with Crippen LogP contribution in [0.15, 0.2) is 42.6 Å². The van der Waals surface area contributed by atoms with Gasteiger partial charge >= 0.3 is 12.0 Å². The molecule has 2 atom stereocenters. The number of anilines is 1. The number of nitrogens with one attached hydrogen (secondary N) is 6. The fourth-order valence-electron chi connectivity index (χ4n) is 4.71. The van der Waals surface area contributed by atoms with E-state index in [4.69, 9.17) is 47.4 Å². The molecule has 2 aromatic rings. The number of hydrogen-bond acceptors (Lipinski definition) is 12. The molecule has 4 amide bonds. The third-order valence-corrected chi connectivity index (χ3v) is 7.81. The van der Waals surface area contributed by atoms with E-state index >= 15 is 0 Å². The third kappa shape index (κ3) is 23.1. The Hall–Kier alpha value is -3.81. The molecule has 0 saturated heterocycles. The minimum absolute atomic E-state index is 0.116. The molecular formula is C35H53Cl2N7O10. The predicted octanol–water partition coefficient (Wildman–Crippen LogP) is 2.91. The van der Waals surface area contributed by atoms with Gasteiger partial charge in [0.2, 0.25) is 11.8 Å². The number of benzene rings is 1. The highest BCUT2D eigenvalue weighted by molar-refractivity contribution is 6.34. The first-order valence-electron chi connectivity index (χ1n) is 17.8. The quantitative estimate of drug-likeness (QED) is 0.0406. The van der Waals surface area contributed by atoms with E-state index in [1.54, 1.807) is 6.20 Å². The van der Waals surface area contributed by atoms with Gasteiger partial charge in [0.15, 0.2) is 0 Å². The fraction of sp³-hybridized carbons (Fsp3) is 0.571. The van der Waals surface area contributed by atoms with Gasteiger partial charge in [0.25, 0.3) is 0 Å². The number of carboxylic acids is 1. The Balaban J connectivity index is 1.71. The summed E-state index contributed by atoms with van der Waals surface area (Å²) in [6.07, 6.45) is 4.12. The highest BCUT2D eigenvalue weighted by atomic mass is 35.5. The molecule has 2 rings (SSSR count). The zero-order valence-electron chi connectivity index (χ0n) is 30.3. The van der Waals surface area contributed by atoms with Crippen LogP contribution in [0.25, 0.3) is 0 Å². The van der Waals surface area contributed by atoms with E-state index in [9.17, 15) is 24.3 Å². The number of halogens is 2. The summed E-state index contributed by atoms with van der Waals surface area (Å²) in [6.45, 7) is 3.68. The number of carbonyl (C=O) groups excluding carboxylic acids is 3. The summed E-state index contributed by atoms with van der Waals surface area (Å²) in [7, 11) is 0. The molecule has 1 unspecified atom stereocenters. The number of aromatic nitrogens is 1. The summed E-state index contributed by atoms with van der Waals surface area (Å²) in [4.78, 5) is 53.8. The van der Waals surface area contributed by atoms with E-state index in [0.29, 0.717) is 71.0 Å². The summed E-state index contributed by atoms with van der Waals surface area (Å²) in [6, 6.07) is 7.69. The molecule has 8 N–H and O–H groups in total. The van der Waals surface area contributed by atoms with Gasteiger partial charge in [-0.3, -0.25) is 14.4 Å². The van der Waals surface area contributed by atoms with Gasteiger partial charge in [0, 0.05) is 48.8 Å². The minimum Gasteiger partial charge on any atom is -0.481 e. The number of nitrogens with zero attached hydrogens (tertiary/aromatic N) is 1. The lowest BCUT2D eigenvalue weighted by Gasteiger charge is -2.23. The summed E-state index contributed by atoms with van der Waals surface area (Å²) < 4.78 is 22.1. The predicted molar refractivity (Wildman–Crippen MR) is 202 cm³/mol. The Morgan fingerprint density at radius 1 is 0.741 bits per heavy atom. The normalized spacial score (nSPS) is 12.1. The van der Waals surface area contributed by atoms with Crippen LogP contribution < -0.4 is 32.1 Å². The van der Waals surface area contributed by atoms with Gasteiger partial charge in [-0.25, -0.2) is 15.3 Å². The van der Waals surface area contributed by atoms with Gasteiger partial charge in [0.1, 0.15) is 11.9 Å². The molecule has 0 saturated carbocycles. The van der Waals surface area contributed by atoms with E-state index in [1.807, 2.05) is 18.2 Å². The zero-order valence-corrected chi connectivity index (χ0v) is 31.8. The lowest BCUT2D eigenvalue weighted by Crippen LogP contribution is -2.50. The summed E-state index contributed by atoms with van der Waals surface area (Å²) >= 11 is 12.3. The van der Waals surface area contributed by atoms with Crippen molar-refractivity contribution in [2.75, 3.05) is 84.4 Å². The number of rotatable bonds is 31. The van der Waals surface area contributed by atoms with Crippen molar-refractivity contribution in [3.8, 4) is 0 Å². The van der Waals surface area contributed by atoms with E-state index in [0.717, 1.165) is 18.7 Å². The van der Waals surface area contributed by atoms with Crippen LogP contribution in [0.1, 0.15) is 50.1 Å². The molecule has 1 heterocycles. The monoisotopic (exact) mass is 801 g/mol. The smallest absolute Gasteiger partial charge is 0.314 e. The highest BCUT2D eigenvalue weighted by Gasteiger charge is 2.26. The zero-order chi connectivity index (χ0) is 39.2. The number of aliphatic carboxylic acids is 1. The molecule has 302 valence electrons. The minimum atomic E-state index is -1.16. The molecule has 1 aromatic carbocycles. The van der Waals surface area contributed by atoms with Crippen molar-refractivity contribution in [3.05, 3.63) is 58.2 Å². The van der Waals surface area contributed by atoms with Crippen molar-refractivity contribution in [1.82, 2.24) is 31.7 Å². The third-order valence-electron chi connectivity index (χ3n) is 7.37. The number of unbranched alkanes of at least 4 members (excludes halogenated alkanes) is 2. The fourth-order valence-corrected chi connectivity index (χ4v) is 5.25. The van der Waals surface area contributed by atoms with Crippen molar-refractivity contribution in [3.63, 3.8) is 0 Å². The lowest BCUT2D eigenvalue weighted by atomic mass is 10.0. The first kappa shape index (κ1) is 46.3.